The van der Waals surface area contributed by atoms with E-state index in [0.29, 0.717) is 12.5 Å². The molecule has 0 aromatic carbocycles. The molecule has 0 aliphatic carbocycles. The Morgan fingerprint density at radius 1 is 1.32 bits per heavy atom. The molecule has 0 spiro atoms. The highest BCUT2D eigenvalue weighted by Crippen LogP contribution is 2.19. The molecule has 0 saturated carbocycles. The summed E-state index contributed by atoms with van der Waals surface area (Å²) in [6.45, 7) is 8.30. The van der Waals surface area contributed by atoms with Gasteiger partial charge in [-0.05, 0) is 13.8 Å². The zero-order valence-corrected chi connectivity index (χ0v) is 14.5. The second-order valence-corrected chi connectivity index (χ2v) is 7.37. The molecule has 3 rings (SSSR count). The van der Waals surface area contributed by atoms with E-state index in [9.17, 15) is 0 Å². The van der Waals surface area contributed by atoms with Gasteiger partial charge in [-0.3, -0.25) is 0 Å². The van der Waals surface area contributed by atoms with Crippen LogP contribution in [0, 0.1) is 13.8 Å². The minimum Gasteiger partial charge on any atom is -0.370 e. The molecule has 1 saturated heterocycles. The number of thiazole rings is 2. The molecule has 2 aromatic heterocycles. The van der Waals surface area contributed by atoms with Crippen LogP contribution < -0.4 is 10.6 Å². The van der Waals surface area contributed by atoms with E-state index >= 15 is 0 Å². The molecule has 0 amide bonds. The third-order valence-corrected chi connectivity index (χ3v) is 5.63. The van der Waals surface area contributed by atoms with Gasteiger partial charge >= 0.3 is 0 Å². The third-order valence-electron chi connectivity index (χ3n) is 3.74. The number of hydrogen-bond acceptors (Lipinski definition) is 6. The summed E-state index contributed by atoms with van der Waals surface area (Å²) in [7, 11) is 0. The molecule has 2 N–H and O–H groups in total. The number of guanidine groups is 1. The van der Waals surface area contributed by atoms with Crippen molar-refractivity contribution in [1.29, 1.82) is 0 Å². The zero-order valence-electron chi connectivity index (χ0n) is 12.8. The average Bonchev–Trinajstić information content (AvgIpc) is 3.16. The second kappa shape index (κ2) is 6.62. The van der Waals surface area contributed by atoms with Gasteiger partial charge in [-0.25, -0.2) is 15.0 Å². The smallest absolute Gasteiger partial charge is 0.191 e. The van der Waals surface area contributed by atoms with E-state index in [0.717, 1.165) is 42.0 Å². The minimum atomic E-state index is 0.567. The Balaban J connectivity index is 1.55. The second-order valence-electron chi connectivity index (χ2n) is 5.21. The summed E-state index contributed by atoms with van der Waals surface area (Å²) in [5, 5.41) is 4.12. The lowest BCUT2D eigenvalue weighted by atomic mass is 10.3. The largest absolute Gasteiger partial charge is 0.370 e. The van der Waals surface area contributed by atoms with Crippen molar-refractivity contribution in [1.82, 2.24) is 14.9 Å². The molecule has 2 aromatic rings. The summed E-state index contributed by atoms with van der Waals surface area (Å²) in [6, 6.07) is 0. The van der Waals surface area contributed by atoms with E-state index in [-0.39, 0.29) is 0 Å². The number of aryl methyl sites for hydroxylation is 2. The fourth-order valence-corrected chi connectivity index (χ4v) is 3.91. The van der Waals surface area contributed by atoms with Crippen LogP contribution in [0.2, 0.25) is 0 Å². The maximum atomic E-state index is 6.13. The lowest BCUT2D eigenvalue weighted by Gasteiger charge is -2.35. The van der Waals surface area contributed by atoms with Gasteiger partial charge in [-0.15, -0.1) is 22.7 Å². The first-order chi connectivity index (χ1) is 10.6. The molecule has 0 radical (unpaired) electrons. The summed E-state index contributed by atoms with van der Waals surface area (Å²) in [4.78, 5) is 19.0. The van der Waals surface area contributed by atoms with Crippen LogP contribution in [0.15, 0.2) is 16.6 Å². The van der Waals surface area contributed by atoms with Crippen LogP contribution in [0.5, 0.6) is 0 Å². The SMILES string of the molecule is Cc1nc(CN=C(N)N2CCN(c3nccs3)CC2)sc1C. The van der Waals surface area contributed by atoms with Gasteiger partial charge in [0.25, 0.3) is 0 Å². The van der Waals surface area contributed by atoms with Crippen molar-refractivity contribution in [2.24, 2.45) is 10.7 Å². The highest BCUT2D eigenvalue weighted by Gasteiger charge is 2.19. The van der Waals surface area contributed by atoms with Crippen molar-refractivity contribution in [3.8, 4) is 0 Å². The number of aliphatic imine (C=N–C) groups is 1. The topological polar surface area (TPSA) is 70.6 Å². The Labute approximate surface area is 138 Å². The summed E-state index contributed by atoms with van der Waals surface area (Å²) in [5.74, 6) is 0.615. The Hall–Kier alpha value is -1.67. The third kappa shape index (κ3) is 3.38. The molecule has 22 heavy (non-hydrogen) atoms. The van der Waals surface area contributed by atoms with E-state index in [1.165, 1.54) is 4.88 Å². The van der Waals surface area contributed by atoms with E-state index in [4.69, 9.17) is 5.73 Å². The van der Waals surface area contributed by atoms with Crippen molar-refractivity contribution in [2.45, 2.75) is 20.4 Å². The standard InChI is InChI=1S/C14H20N6S2/c1-10-11(2)22-12(18-10)9-17-13(15)19-4-6-20(7-5-19)14-16-3-8-21-14/h3,8H,4-7,9H2,1-2H3,(H2,15,17). The number of anilines is 1. The first-order valence-electron chi connectivity index (χ1n) is 7.25. The van der Waals surface area contributed by atoms with Gasteiger partial charge in [-0.1, -0.05) is 0 Å². The molecule has 6 nitrogen and oxygen atoms in total. The van der Waals surface area contributed by atoms with Gasteiger partial charge in [0.15, 0.2) is 11.1 Å². The average molecular weight is 336 g/mol. The van der Waals surface area contributed by atoms with Crippen LogP contribution >= 0.6 is 22.7 Å². The fraction of sp³-hybridized carbons (Fsp3) is 0.500. The Kier molecular flexibility index (Phi) is 4.58. The highest BCUT2D eigenvalue weighted by atomic mass is 32.1. The number of nitrogens with zero attached hydrogens (tertiary/aromatic N) is 5. The Morgan fingerprint density at radius 2 is 2.09 bits per heavy atom. The van der Waals surface area contributed by atoms with Gasteiger partial charge < -0.3 is 15.5 Å². The van der Waals surface area contributed by atoms with Gasteiger partial charge in [0.05, 0.1) is 12.2 Å². The molecule has 118 valence electrons. The Morgan fingerprint density at radius 3 is 2.68 bits per heavy atom. The van der Waals surface area contributed by atoms with E-state index in [1.54, 1.807) is 22.7 Å². The first-order valence-corrected chi connectivity index (χ1v) is 8.95. The quantitative estimate of drug-likeness (QED) is 0.684. The normalized spacial score (nSPS) is 16.4. The van der Waals surface area contributed by atoms with Crippen LogP contribution in [0.1, 0.15) is 15.6 Å². The fourth-order valence-electron chi connectivity index (χ4n) is 2.35. The lowest BCUT2D eigenvalue weighted by molar-refractivity contribution is 0.380. The molecule has 3 heterocycles. The molecule has 8 heteroatoms. The van der Waals surface area contributed by atoms with Crippen LogP contribution in [-0.2, 0) is 6.54 Å². The van der Waals surface area contributed by atoms with Gasteiger partial charge in [-0.2, -0.15) is 0 Å². The lowest BCUT2D eigenvalue weighted by Crippen LogP contribution is -2.51. The first kappa shape index (κ1) is 15.2. The number of piperazine rings is 1. The van der Waals surface area contributed by atoms with Crippen LogP contribution in [0.25, 0.3) is 0 Å². The van der Waals surface area contributed by atoms with Gasteiger partial charge in [0.2, 0.25) is 0 Å². The van der Waals surface area contributed by atoms with E-state index in [2.05, 4.69) is 31.7 Å². The summed E-state index contributed by atoms with van der Waals surface area (Å²) < 4.78 is 0. The summed E-state index contributed by atoms with van der Waals surface area (Å²) in [6.07, 6.45) is 1.85. The molecular weight excluding hydrogens is 316 g/mol. The number of rotatable bonds is 3. The maximum Gasteiger partial charge on any atom is 0.191 e. The van der Waals surface area contributed by atoms with Crippen LogP contribution in [0.4, 0.5) is 5.13 Å². The van der Waals surface area contributed by atoms with E-state index < -0.39 is 0 Å². The van der Waals surface area contributed by atoms with Crippen molar-refractivity contribution in [3.05, 3.63) is 27.2 Å². The maximum absolute atomic E-state index is 6.13. The number of aromatic nitrogens is 2. The van der Waals surface area contributed by atoms with Crippen molar-refractivity contribution in [2.75, 3.05) is 31.1 Å². The van der Waals surface area contributed by atoms with Crippen LogP contribution in [-0.4, -0.2) is 47.0 Å². The number of hydrogen-bond donors (Lipinski definition) is 1. The van der Waals surface area contributed by atoms with Gasteiger partial charge in [0.1, 0.15) is 5.01 Å². The van der Waals surface area contributed by atoms with Crippen molar-refractivity contribution < 1.29 is 0 Å². The predicted molar refractivity (Wildman–Crippen MR) is 92.8 cm³/mol. The Bertz CT molecular complexity index is 621. The van der Waals surface area contributed by atoms with Gasteiger partial charge in [0, 0.05) is 42.6 Å². The molecular formula is C14H20N6S2. The number of nitrogens with two attached hydrogens (primary N) is 1. The van der Waals surface area contributed by atoms with Crippen molar-refractivity contribution in [3.63, 3.8) is 0 Å². The molecule has 1 aliphatic heterocycles. The molecule has 1 fully saturated rings. The summed E-state index contributed by atoms with van der Waals surface area (Å²) >= 11 is 3.37. The van der Waals surface area contributed by atoms with E-state index in [1.807, 2.05) is 18.5 Å². The highest BCUT2D eigenvalue weighted by molar-refractivity contribution is 7.13. The van der Waals surface area contributed by atoms with Crippen LogP contribution in [0.3, 0.4) is 0 Å². The predicted octanol–water partition coefficient (Wildman–Crippen LogP) is 1.85. The summed E-state index contributed by atoms with van der Waals surface area (Å²) in [5.41, 5.74) is 7.22. The molecule has 0 bridgehead atoms. The molecule has 0 unspecified atom stereocenters. The van der Waals surface area contributed by atoms with Crippen molar-refractivity contribution >= 4 is 33.8 Å². The zero-order chi connectivity index (χ0) is 15.5. The molecule has 1 aliphatic rings. The minimum absolute atomic E-state index is 0.567. The monoisotopic (exact) mass is 336 g/mol. The molecule has 0 atom stereocenters.